The molecule has 1 fully saturated rings. The SMILES string of the molecule is CN1CCN(c2ccc(Nc3cc(-c4cccc(N5CCc6cc(C(C)(C)C)ccc6C5=O)c4CO)cn(C)c3=O)nc2)CC1. The first-order chi connectivity index (χ1) is 21.5. The Hall–Kier alpha value is -4.47. The number of piperazine rings is 1. The quantitative estimate of drug-likeness (QED) is 0.321. The van der Waals surface area contributed by atoms with Gasteiger partial charge >= 0.3 is 0 Å². The molecule has 9 nitrogen and oxygen atoms in total. The molecule has 6 rings (SSSR count). The Morgan fingerprint density at radius 1 is 0.911 bits per heavy atom. The van der Waals surface area contributed by atoms with E-state index in [1.54, 1.807) is 24.2 Å². The van der Waals surface area contributed by atoms with Crippen LogP contribution >= 0.6 is 0 Å². The molecule has 0 spiro atoms. The van der Waals surface area contributed by atoms with E-state index in [0.29, 0.717) is 34.9 Å². The van der Waals surface area contributed by atoms with Crippen molar-refractivity contribution in [3.63, 3.8) is 0 Å². The molecular formula is C36H42N6O3. The first-order valence-corrected chi connectivity index (χ1v) is 15.6. The van der Waals surface area contributed by atoms with Crippen molar-refractivity contribution in [2.45, 2.75) is 39.2 Å². The lowest BCUT2D eigenvalue weighted by Gasteiger charge is -2.33. The predicted molar refractivity (Wildman–Crippen MR) is 181 cm³/mol. The Labute approximate surface area is 264 Å². The van der Waals surface area contributed by atoms with Crippen LogP contribution in [0, 0.1) is 0 Å². The van der Waals surface area contributed by atoms with Crippen molar-refractivity contribution in [2.24, 2.45) is 7.05 Å². The number of pyridine rings is 2. The van der Waals surface area contributed by atoms with E-state index in [9.17, 15) is 14.7 Å². The zero-order valence-corrected chi connectivity index (χ0v) is 26.8. The van der Waals surface area contributed by atoms with E-state index in [1.807, 2.05) is 48.7 Å². The highest BCUT2D eigenvalue weighted by Gasteiger charge is 2.29. The number of likely N-dealkylation sites (N-methyl/N-ethyl adjacent to an activating group) is 1. The summed E-state index contributed by atoms with van der Waals surface area (Å²) in [6.45, 7) is 10.7. The van der Waals surface area contributed by atoms with Crippen LogP contribution in [0.5, 0.6) is 0 Å². The van der Waals surface area contributed by atoms with Crippen LogP contribution in [0.1, 0.15) is 47.8 Å². The number of aliphatic hydroxyl groups is 1. The van der Waals surface area contributed by atoms with Crippen LogP contribution in [-0.4, -0.2) is 65.2 Å². The highest BCUT2D eigenvalue weighted by molar-refractivity contribution is 6.09. The molecule has 0 atom stereocenters. The minimum Gasteiger partial charge on any atom is -0.392 e. The lowest BCUT2D eigenvalue weighted by Crippen LogP contribution is -2.44. The van der Waals surface area contributed by atoms with E-state index >= 15 is 0 Å². The number of amides is 1. The fourth-order valence-corrected chi connectivity index (χ4v) is 6.25. The van der Waals surface area contributed by atoms with Crippen LogP contribution in [0.15, 0.2) is 71.8 Å². The summed E-state index contributed by atoms with van der Waals surface area (Å²) < 4.78 is 1.53. The maximum atomic E-state index is 13.8. The summed E-state index contributed by atoms with van der Waals surface area (Å²) >= 11 is 0. The van der Waals surface area contributed by atoms with Gasteiger partial charge in [-0.2, -0.15) is 0 Å². The molecule has 0 saturated carbocycles. The van der Waals surface area contributed by atoms with Crippen molar-refractivity contribution in [2.75, 3.05) is 54.9 Å². The van der Waals surface area contributed by atoms with Crippen LogP contribution in [0.4, 0.5) is 22.9 Å². The summed E-state index contributed by atoms with van der Waals surface area (Å²) in [4.78, 5) is 37.9. The van der Waals surface area contributed by atoms with Crippen molar-refractivity contribution in [3.8, 4) is 11.1 Å². The lowest BCUT2D eigenvalue weighted by atomic mass is 9.84. The fraction of sp³-hybridized carbons (Fsp3) is 0.361. The second kappa shape index (κ2) is 12.1. The van der Waals surface area contributed by atoms with E-state index in [2.05, 4.69) is 54.0 Å². The van der Waals surface area contributed by atoms with Gasteiger partial charge in [-0.25, -0.2) is 4.98 Å². The number of rotatable bonds is 6. The van der Waals surface area contributed by atoms with Gasteiger partial charge in [0.2, 0.25) is 0 Å². The number of aliphatic hydroxyl groups excluding tert-OH is 1. The average Bonchev–Trinajstić information content (AvgIpc) is 3.03. The number of fused-ring (bicyclic) bond motifs is 1. The molecule has 234 valence electrons. The molecule has 4 heterocycles. The Morgan fingerprint density at radius 2 is 1.69 bits per heavy atom. The zero-order chi connectivity index (χ0) is 31.9. The third-order valence-electron chi connectivity index (χ3n) is 9.03. The Kier molecular flexibility index (Phi) is 8.24. The standard InChI is InChI=1S/C36H42N6O3/c1-36(2,3)26-9-11-29-24(19-26)13-14-42(34(29)44)32-8-6-7-28(30(32)23-43)25-20-31(35(45)40(5)22-25)38-33-12-10-27(21-37-33)41-17-15-39(4)16-18-41/h6-12,19-22,43H,13-18,23H2,1-5H3,(H,37,38). The van der Waals surface area contributed by atoms with Crippen LogP contribution < -0.4 is 20.7 Å². The summed E-state index contributed by atoms with van der Waals surface area (Å²) in [5, 5.41) is 13.8. The summed E-state index contributed by atoms with van der Waals surface area (Å²) in [5.74, 6) is 0.503. The largest absolute Gasteiger partial charge is 0.392 e. The summed E-state index contributed by atoms with van der Waals surface area (Å²) in [6.07, 6.45) is 4.33. The van der Waals surface area contributed by atoms with Gasteiger partial charge in [-0.1, -0.05) is 45.0 Å². The van der Waals surface area contributed by atoms with Gasteiger partial charge < -0.3 is 29.7 Å². The molecule has 2 aromatic heterocycles. The van der Waals surface area contributed by atoms with Gasteiger partial charge in [0, 0.05) is 62.7 Å². The minimum absolute atomic E-state index is 0.00121. The van der Waals surface area contributed by atoms with Crippen LogP contribution in [0.3, 0.4) is 0 Å². The number of anilines is 4. The molecule has 0 aliphatic carbocycles. The molecule has 45 heavy (non-hydrogen) atoms. The van der Waals surface area contributed by atoms with E-state index in [0.717, 1.165) is 55.0 Å². The van der Waals surface area contributed by atoms with Crippen molar-refractivity contribution < 1.29 is 9.90 Å². The summed E-state index contributed by atoms with van der Waals surface area (Å²) in [6, 6.07) is 17.5. The maximum Gasteiger partial charge on any atom is 0.274 e. The third kappa shape index (κ3) is 6.10. The van der Waals surface area contributed by atoms with Gasteiger partial charge in [0.15, 0.2) is 0 Å². The second-order valence-corrected chi connectivity index (χ2v) is 13.2. The first-order valence-electron chi connectivity index (χ1n) is 15.6. The molecule has 2 aliphatic heterocycles. The predicted octanol–water partition coefficient (Wildman–Crippen LogP) is 4.94. The molecule has 0 bridgehead atoms. The number of carbonyl (C=O) groups excluding carboxylic acids is 1. The highest BCUT2D eigenvalue weighted by atomic mass is 16.3. The van der Waals surface area contributed by atoms with Crippen LogP contribution in [0.2, 0.25) is 0 Å². The number of aromatic nitrogens is 2. The first kappa shape index (κ1) is 30.6. The van der Waals surface area contributed by atoms with Gasteiger partial charge in [-0.15, -0.1) is 0 Å². The Balaban J connectivity index is 1.29. The molecule has 2 N–H and O–H groups in total. The summed E-state index contributed by atoms with van der Waals surface area (Å²) in [5.41, 5.74) is 7.03. The number of benzene rings is 2. The third-order valence-corrected chi connectivity index (χ3v) is 9.03. The van der Waals surface area contributed by atoms with Crippen LogP contribution in [-0.2, 0) is 25.5 Å². The Morgan fingerprint density at radius 3 is 2.38 bits per heavy atom. The van der Waals surface area contributed by atoms with Gasteiger partial charge in [0.1, 0.15) is 11.5 Å². The number of hydrogen-bond acceptors (Lipinski definition) is 7. The number of aryl methyl sites for hydroxylation is 1. The van der Waals surface area contributed by atoms with E-state index < -0.39 is 0 Å². The summed E-state index contributed by atoms with van der Waals surface area (Å²) in [7, 11) is 3.84. The molecule has 0 radical (unpaired) electrons. The van der Waals surface area contributed by atoms with Crippen molar-refractivity contribution in [3.05, 3.63) is 99.6 Å². The van der Waals surface area contributed by atoms with Crippen LogP contribution in [0.25, 0.3) is 11.1 Å². The highest BCUT2D eigenvalue weighted by Crippen LogP contribution is 2.36. The second-order valence-electron chi connectivity index (χ2n) is 13.2. The molecule has 0 unspecified atom stereocenters. The van der Waals surface area contributed by atoms with Gasteiger partial charge in [-0.3, -0.25) is 9.59 Å². The molecule has 4 aromatic rings. The van der Waals surface area contributed by atoms with Gasteiger partial charge in [0.05, 0.1) is 24.2 Å². The van der Waals surface area contributed by atoms with E-state index in [4.69, 9.17) is 0 Å². The van der Waals surface area contributed by atoms with Gasteiger partial charge in [0.25, 0.3) is 11.5 Å². The topological polar surface area (TPSA) is 93.9 Å². The smallest absolute Gasteiger partial charge is 0.274 e. The lowest BCUT2D eigenvalue weighted by molar-refractivity contribution is 0.0980. The maximum absolute atomic E-state index is 13.8. The van der Waals surface area contributed by atoms with Crippen molar-refractivity contribution >= 4 is 28.8 Å². The normalized spacial score (nSPS) is 15.7. The number of hydrogen-bond donors (Lipinski definition) is 2. The van der Waals surface area contributed by atoms with Crippen molar-refractivity contribution in [1.29, 1.82) is 0 Å². The monoisotopic (exact) mass is 606 g/mol. The van der Waals surface area contributed by atoms with Crippen molar-refractivity contribution in [1.82, 2.24) is 14.5 Å². The van der Waals surface area contributed by atoms with E-state index in [-0.39, 0.29) is 23.5 Å². The number of nitrogens with one attached hydrogen (secondary N) is 1. The molecule has 2 aromatic carbocycles. The number of carbonyl (C=O) groups is 1. The van der Waals surface area contributed by atoms with E-state index in [1.165, 1.54) is 10.1 Å². The van der Waals surface area contributed by atoms with Gasteiger partial charge in [-0.05, 0) is 65.9 Å². The molecule has 9 heteroatoms. The fourth-order valence-electron chi connectivity index (χ4n) is 6.25. The zero-order valence-electron chi connectivity index (χ0n) is 26.8. The molecule has 2 aliphatic rings. The average molecular weight is 607 g/mol. The molecular weight excluding hydrogens is 564 g/mol. The number of nitrogens with zero attached hydrogens (tertiary/aromatic N) is 5. The molecule has 1 saturated heterocycles. The Bertz CT molecular complexity index is 1780. The molecule has 1 amide bonds. The minimum atomic E-state index is -0.258.